The Hall–Kier alpha value is -4.86. The van der Waals surface area contributed by atoms with E-state index in [-0.39, 0.29) is 24.5 Å². The molecule has 208 valence electrons. The van der Waals surface area contributed by atoms with E-state index in [0.717, 1.165) is 11.1 Å². The molecular weight excluding hydrogens is 514 g/mol. The molecule has 1 heterocycles. The van der Waals surface area contributed by atoms with Gasteiger partial charge in [-0.15, -0.1) is 0 Å². The van der Waals surface area contributed by atoms with Crippen LogP contribution in [0, 0.1) is 6.92 Å². The summed E-state index contributed by atoms with van der Waals surface area (Å²) in [6, 6.07) is 16.5. The van der Waals surface area contributed by atoms with Crippen molar-refractivity contribution >= 4 is 29.4 Å². The summed E-state index contributed by atoms with van der Waals surface area (Å²) >= 11 is 0. The second kappa shape index (κ2) is 12.3. The number of fused-ring (bicyclic) bond motifs is 1. The Morgan fingerprint density at radius 3 is 2.30 bits per heavy atom. The van der Waals surface area contributed by atoms with E-state index in [1.165, 1.54) is 25.1 Å². The van der Waals surface area contributed by atoms with E-state index in [1.54, 1.807) is 43.5 Å². The molecule has 0 saturated carbocycles. The van der Waals surface area contributed by atoms with Gasteiger partial charge in [0.1, 0.15) is 23.6 Å². The zero-order valence-electron chi connectivity index (χ0n) is 22.4. The van der Waals surface area contributed by atoms with E-state index < -0.39 is 36.0 Å². The van der Waals surface area contributed by atoms with Gasteiger partial charge in [0.05, 0.1) is 20.0 Å². The highest BCUT2D eigenvalue weighted by atomic mass is 16.5. The summed E-state index contributed by atoms with van der Waals surface area (Å²) in [6.45, 7) is 3.43. The number of hydrogen-bond donors (Lipinski definition) is 4. The molecule has 1 aliphatic heterocycles. The second-order valence-electron chi connectivity index (χ2n) is 9.63. The Balaban J connectivity index is 1.47. The topological polar surface area (TPSA) is 143 Å². The Morgan fingerprint density at radius 1 is 0.975 bits per heavy atom. The van der Waals surface area contributed by atoms with Crippen molar-refractivity contribution in [3.05, 3.63) is 89.0 Å². The molecule has 3 amide bonds. The van der Waals surface area contributed by atoms with E-state index in [2.05, 4.69) is 16.0 Å². The fourth-order valence-corrected chi connectivity index (χ4v) is 4.34. The van der Waals surface area contributed by atoms with Gasteiger partial charge in [0, 0.05) is 11.3 Å². The highest BCUT2D eigenvalue weighted by Crippen LogP contribution is 2.35. The first kappa shape index (κ1) is 28.2. The molecule has 40 heavy (non-hydrogen) atoms. The van der Waals surface area contributed by atoms with Crippen LogP contribution in [0.4, 0.5) is 5.69 Å². The van der Waals surface area contributed by atoms with Crippen LogP contribution in [0.25, 0.3) is 0 Å². The molecule has 3 aromatic rings. The van der Waals surface area contributed by atoms with Crippen LogP contribution < -0.4 is 20.7 Å². The monoisotopic (exact) mass is 545 g/mol. The first-order valence-corrected chi connectivity index (χ1v) is 12.7. The lowest BCUT2D eigenvalue weighted by atomic mass is 9.94. The number of nitrogens with one attached hydrogen (secondary N) is 3. The third kappa shape index (κ3) is 6.96. The van der Waals surface area contributed by atoms with E-state index >= 15 is 0 Å². The molecule has 10 heteroatoms. The van der Waals surface area contributed by atoms with Crippen molar-refractivity contribution in [2.75, 3.05) is 12.4 Å². The minimum Gasteiger partial charge on any atom is -0.508 e. The fraction of sp³-hybridized carbons (Fsp3) is 0.267. The average molecular weight is 546 g/mol. The van der Waals surface area contributed by atoms with Crippen LogP contribution in [0.2, 0.25) is 0 Å². The summed E-state index contributed by atoms with van der Waals surface area (Å²) in [6.07, 6.45) is -1.43. The third-order valence-electron chi connectivity index (χ3n) is 6.51. The molecule has 4 rings (SSSR count). The van der Waals surface area contributed by atoms with Crippen LogP contribution in [0.3, 0.4) is 0 Å². The minimum absolute atomic E-state index is 0.0450. The van der Waals surface area contributed by atoms with Crippen LogP contribution in [0.1, 0.15) is 35.2 Å². The number of phenolic OH excluding ortho intramolecular Hbond substituents is 1. The van der Waals surface area contributed by atoms with E-state index in [1.807, 2.05) is 19.1 Å². The molecule has 10 nitrogen and oxygen atoms in total. The van der Waals surface area contributed by atoms with Gasteiger partial charge in [0.2, 0.25) is 17.9 Å². The second-order valence-corrected chi connectivity index (χ2v) is 9.63. The van der Waals surface area contributed by atoms with Crippen molar-refractivity contribution in [1.82, 2.24) is 10.6 Å². The molecule has 0 radical (unpaired) electrons. The highest BCUT2D eigenvalue weighted by Gasteiger charge is 2.40. The van der Waals surface area contributed by atoms with Crippen molar-refractivity contribution in [1.29, 1.82) is 0 Å². The summed E-state index contributed by atoms with van der Waals surface area (Å²) in [5, 5.41) is 18.1. The molecule has 0 unspecified atom stereocenters. The number of aromatic hydroxyl groups is 1. The number of methoxy groups -OCH3 is 1. The van der Waals surface area contributed by atoms with Gasteiger partial charge in [-0.1, -0.05) is 42.0 Å². The number of aryl methyl sites for hydroxylation is 1. The number of carbonyl (C=O) groups excluding carboxylic acids is 4. The predicted octanol–water partition coefficient (Wildman–Crippen LogP) is 2.72. The van der Waals surface area contributed by atoms with Gasteiger partial charge in [-0.3, -0.25) is 19.2 Å². The fourth-order valence-electron chi connectivity index (χ4n) is 4.34. The summed E-state index contributed by atoms with van der Waals surface area (Å²) in [5.41, 5.74) is 3.19. The molecule has 0 aliphatic carbocycles. The Labute approximate surface area is 231 Å². The molecule has 4 N–H and O–H groups in total. The van der Waals surface area contributed by atoms with Crippen LogP contribution in [-0.4, -0.2) is 48.1 Å². The lowest BCUT2D eigenvalue weighted by Gasteiger charge is -2.33. The van der Waals surface area contributed by atoms with Crippen LogP contribution in [0.5, 0.6) is 11.5 Å². The first-order valence-electron chi connectivity index (χ1n) is 12.7. The molecule has 0 fully saturated rings. The summed E-state index contributed by atoms with van der Waals surface area (Å²) in [4.78, 5) is 51.5. The van der Waals surface area contributed by atoms with Gasteiger partial charge in [0.25, 0.3) is 5.91 Å². The Morgan fingerprint density at radius 2 is 1.62 bits per heavy atom. The molecule has 3 atom stereocenters. The van der Waals surface area contributed by atoms with Crippen LogP contribution >= 0.6 is 0 Å². The number of benzene rings is 3. The molecular formula is C30H31N3O7. The normalized spacial score (nSPS) is 16.6. The quantitative estimate of drug-likeness (QED) is 0.239. The number of amides is 3. The largest absolute Gasteiger partial charge is 0.508 e. The third-order valence-corrected chi connectivity index (χ3v) is 6.51. The highest BCUT2D eigenvalue weighted by molar-refractivity contribution is 6.00. The number of phenols is 1. The number of hydrogen-bond acceptors (Lipinski definition) is 7. The van der Waals surface area contributed by atoms with Crippen molar-refractivity contribution in [3.8, 4) is 11.5 Å². The number of ether oxygens (including phenoxy) is 2. The zero-order chi connectivity index (χ0) is 28.8. The van der Waals surface area contributed by atoms with E-state index in [0.29, 0.717) is 22.6 Å². The Kier molecular flexibility index (Phi) is 8.68. The number of rotatable bonds is 9. The van der Waals surface area contributed by atoms with Crippen LogP contribution in [-0.2, 0) is 36.8 Å². The molecule has 0 aromatic heterocycles. The molecule has 0 bridgehead atoms. The maximum absolute atomic E-state index is 13.2. The standard InChI is InChI=1S/C30H31N3O7/c1-17-4-6-20(7-5-17)15-26(36)40-28-27(23-16-21(34)10-13-24(23)32-30(28)38)33-29(37)18(2)31-25(35)14-19-8-11-22(39-3)12-9-19/h4-13,16,18,27-28,34H,14-15H2,1-3H3,(H,31,35)(H,32,38)(H,33,37)/t18-,27-,28+/m0/s1. The molecule has 0 spiro atoms. The number of carbonyl (C=O) groups is 4. The Bertz CT molecular complexity index is 1400. The van der Waals surface area contributed by atoms with Gasteiger partial charge in [-0.2, -0.15) is 0 Å². The lowest BCUT2D eigenvalue weighted by molar-refractivity contribution is -0.156. The van der Waals surface area contributed by atoms with Gasteiger partial charge in [-0.25, -0.2) is 0 Å². The molecule has 1 aliphatic rings. The van der Waals surface area contributed by atoms with E-state index in [9.17, 15) is 24.3 Å². The van der Waals surface area contributed by atoms with Gasteiger partial charge < -0.3 is 30.5 Å². The average Bonchev–Trinajstić information content (AvgIpc) is 2.92. The number of esters is 1. The minimum atomic E-state index is -1.40. The van der Waals surface area contributed by atoms with Crippen molar-refractivity contribution in [2.45, 2.75) is 44.9 Å². The van der Waals surface area contributed by atoms with Gasteiger partial charge in [-0.05, 0) is 55.3 Å². The first-order chi connectivity index (χ1) is 19.1. The SMILES string of the molecule is COc1ccc(CC(=O)N[C@@H](C)C(=O)N[C@H]2c3cc(O)ccc3NC(=O)[C@@H]2OC(=O)Cc2ccc(C)cc2)cc1. The van der Waals surface area contributed by atoms with E-state index in [4.69, 9.17) is 9.47 Å². The predicted molar refractivity (Wildman–Crippen MR) is 147 cm³/mol. The van der Waals surface area contributed by atoms with Crippen molar-refractivity contribution in [2.24, 2.45) is 0 Å². The van der Waals surface area contributed by atoms with Crippen molar-refractivity contribution < 1.29 is 33.8 Å². The van der Waals surface area contributed by atoms with Gasteiger partial charge in [0.15, 0.2) is 0 Å². The smallest absolute Gasteiger partial charge is 0.311 e. The molecule has 0 saturated heterocycles. The van der Waals surface area contributed by atoms with Gasteiger partial charge >= 0.3 is 5.97 Å². The maximum atomic E-state index is 13.2. The van der Waals surface area contributed by atoms with Crippen molar-refractivity contribution in [3.63, 3.8) is 0 Å². The molecule has 3 aromatic carbocycles. The zero-order valence-corrected chi connectivity index (χ0v) is 22.4. The summed E-state index contributed by atoms with van der Waals surface area (Å²) in [7, 11) is 1.55. The summed E-state index contributed by atoms with van der Waals surface area (Å²) < 4.78 is 10.7. The maximum Gasteiger partial charge on any atom is 0.311 e. The van der Waals surface area contributed by atoms with Crippen LogP contribution in [0.15, 0.2) is 66.7 Å². The lowest BCUT2D eigenvalue weighted by Crippen LogP contribution is -2.52. The summed E-state index contributed by atoms with van der Waals surface area (Å²) in [5.74, 6) is -1.71. The number of anilines is 1.